The van der Waals surface area contributed by atoms with Crippen LogP contribution < -0.4 is 0 Å². The van der Waals surface area contributed by atoms with Crippen molar-refractivity contribution in [3.05, 3.63) is 46.7 Å². The molecule has 3 rings (SSSR count). The lowest BCUT2D eigenvalue weighted by atomic mass is 9.93. The van der Waals surface area contributed by atoms with E-state index >= 15 is 0 Å². The zero-order chi connectivity index (χ0) is 18.8. The Labute approximate surface area is 157 Å². The lowest BCUT2D eigenvalue weighted by Crippen LogP contribution is -2.40. The van der Waals surface area contributed by atoms with Crippen molar-refractivity contribution in [1.29, 1.82) is 0 Å². The SMILES string of the molecule is COCCOC(=O)C1=C(C)N=C2S[C@H](C)C(=O)N2[C@@H]1c1ccc(C)cc1. The van der Waals surface area contributed by atoms with Crippen molar-refractivity contribution in [1.82, 2.24) is 4.90 Å². The molecule has 2 atom stereocenters. The largest absolute Gasteiger partial charge is 0.460 e. The molecule has 1 fully saturated rings. The van der Waals surface area contributed by atoms with Crippen molar-refractivity contribution in [2.24, 2.45) is 4.99 Å². The number of carbonyl (C=O) groups is 2. The predicted molar refractivity (Wildman–Crippen MR) is 101 cm³/mol. The summed E-state index contributed by atoms with van der Waals surface area (Å²) in [6.07, 6.45) is 0. The molecule has 26 heavy (non-hydrogen) atoms. The summed E-state index contributed by atoms with van der Waals surface area (Å²) in [5.41, 5.74) is 2.96. The molecule has 1 aromatic carbocycles. The first-order valence-electron chi connectivity index (χ1n) is 8.46. The van der Waals surface area contributed by atoms with E-state index in [4.69, 9.17) is 9.47 Å². The van der Waals surface area contributed by atoms with Crippen molar-refractivity contribution < 1.29 is 19.1 Å². The Morgan fingerprint density at radius 2 is 1.92 bits per heavy atom. The lowest BCUT2D eigenvalue weighted by Gasteiger charge is -2.33. The smallest absolute Gasteiger partial charge is 0.338 e. The van der Waals surface area contributed by atoms with Crippen LogP contribution in [0.25, 0.3) is 0 Å². The Kier molecular flexibility index (Phi) is 5.48. The maximum absolute atomic E-state index is 12.8. The third-order valence-corrected chi connectivity index (χ3v) is 5.45. The highest BCUT2D eigenvalue weighted by atomic mass is 32.2. The molecule has 2 aliphatic heterocycles. The molecule has 138 valence electrons. The van der Waals surface area contributed by atoms with E-state index in [1.807, 2.05) is 38.1 Å². The van der Waals surface area contributed by atoms with Gasteiger partial charge in [0.05, 0.1) is 29.2 Å². The number of benzene rings is 1. The predicted octanol–water partition coefficient (Wildman–Crippen LogP) is 2.83. The minimum Gasteiger partial charge on any atom is -0.460 e. The van der Waals surface area contributed by atoms with Gasteiger partial charge in [0.25, 0.3) is 0 Å². The third kappa shape index (κ3) is 3.41. The van der Waals surface area contributed by atoms with Crippen LogP contribution in [-0.2, 0) is 19.1 Å². The van der Waals surface area contributed by atoms with E-state index in [1.165, 1.54) is 11.8 Å². The zero-order valence-corrected chi connectivity index (χ0v) is 16.1. The standard InChI is InChI=1S/C19H22N2O4S/c1-11-5-7-14(8-6-11)16-15(18(23)25-10-9-24-4)12(2)20-19-21(16)17(22)13(3)26-19/h5-8,13,16H,9-10H2,1-4H3/t13-,16-/m1/s1. The number of nitrogens with zero attached hydrogens (tertiary/aromatic N) is 2. The molecule has 6 nitrogen and oxygen atoms in total. The summed E-state index contributed by atoms with van der Waals surface area (Å²) >= 11 is 1.42. The highest BCUT2D eigenvalue weighted by Gasteiger charge is 2.46. The van der Waals surface area contributed by atoms with Gasteiger partial charge in [-0.2, -0.15) is 0 Å². The van der Waals surface area contributed by atoms with Crippen molar-refractivity contribution in [3.8, 4) is 0 Å². The molecule has 0 saturated carbocycles. The van der Waals surface area contributed by atoms with Crippen LogP contribution in [0.2, 0.25) is 0 Å². The second-order valence-corrected chi connectivity index (χ2v) is 7.61. The van der Waals surface area contributed by atoms with Gasteiger partial charge in [-0.05, 0) is 26.3 Å². The second kappa shape index (κ2) is 7.63. The number of ether oxygens (including phenoxy) is 2. The Bertz CT molecular complexity index is 785. The van der Waals surface area contributed by atoms with Crippen LogP contribution in [0.1, 0.15) is 31.0 Å². The number of thioether (sulfide) groups is 1. The van der Waals surface area contributed by atoms with Gasteiger partial charge in [-0.25, -0.2) is 9.79 Å². The van der Waals surface area contributed by atoms with Gasteiger partial charge in [0.15, 0.2) is 5.17 Å². The van der Waals surface area contributed by atoms with E-state index in [9.17, 15) is 9.59 Å². The van der Waals surface area contributed by atoms with Crippen LogP contribution >= 0.6 is 11.8 Å². The highest BCUT2D eigenvalue weighted by molar-refractivity contribution is 8.15. The maximum Gasteiger partial charge on any atom is 0.338 e. The molecule has 7 heteroatoms. The summed E-state index contributed by atoms with van der Waals surface area (Å²) in [6, 6.07) is 7.31. The first-order chi connectivity index (χ1) is 12.4. The molecule has 1 amide bonds. The van der Waals surface area contributed by atoms with Gasteiger partial charge < -0.3 is 9.47 Å². The summed E-state index contributed by atoms with van der Waals surface area (Å²) < 4.78 is 10.3. The van der Waals surface area contributed by atoms with Crippen LogP contribution in [0.15, 0.2) is 40.5 Å². The zero-order valence-electron chi connectivity index (χ0n) is 15.3. The number of hydrogen-bond acceptors (Lipinski definition) is 6. The fourth-order valence-electron chi connectivity index (χ4n) is 3.02. The van der Waals surface area contributed by atoms with Crippen LogP contribution in [-0.4, -0.2) is 47.5 Å². The van der Waals surface area contributed by atoms with Gasteiger partial charge in [-0.15, -0.1) is 0 Å². The summed E-state index contributed by atoms with van der Waals surface area (Å²) in [5, 5.41) is 0.414. The topological polar surface area (TPSA) is 68.2 Å². The number of allylic oxidation sites excluding steroid dienone is 1. The van der Waals surface area contributed by atoms with Crippen molar-refractivity contribution in [2.45, 2.75) is 32.1 Å². The summed E-state index contributed by atoms with van der Waals surface area (Å²) in [6.45, 7) is 6.11. The van der Waals surface area contributed by atoms with Gasteiger partial charge in [0.2, 0.25) is 5.91 Å². The highest BCUT2D eigenvalue weighted by Crippen LogP contribution is 2.43. The van der Waals surface area contributed by atoms with Crippen LogP contribution in [0, 0.1) is 6.92 Å². The van der Waals surface area contributed by atoms with E-state index in [1.54, 1.807) is 18.9 Å². The molecule has 2 heterocycles. The molecule has 2 aliphatic rings. The van der Waals surface area contributed by atoms with Crippen molar-refractivity contribution in [3.63, 3.8) is 0 Å². The Hall–Kier alpha value is -2.12. The lowest BCUT2D eigenvalue weighted by molar-refractivity contribution is -0.141. The average Bonchev–Trinajstić information content (AvgIpc) is 2.88. The number of fused-ring (bicyclic) bond motifs is 1. The van der Waals surface area contributed by atoms with Crippen LogP contribution in [0.3, 0.4) is 0 Å². The molecule has 1 saturated heterocycles. The molecular formula is C19H22N2O4S. The van der Waals surface area contributed by atoms with E-state index in [0.717, 1.165) is 11.1 Å². The van der Waals surface area contributed by atoms with E-state index < -0.39 is 12.0 Å². The molecule has 0 radical (unpaired) electrons. The minimum absolute atomic E-state index is 0.0472. The van der Waals surface area contributed by atoms with Gasteiger partial charge in [0.1, 0.15) is 6.61 Å². The maximum atomic E-state index is 12.8. The van der Waals surface area contributed by atoms with Gasteiger partial charge in [-0.3, -0.25) is 9.69 Å². The number of aryl methyl sites for hydroxylation is 1. The van der Waals surface area contributed by atoms with Crippen molar-refractivity contribution >= 4 is 28.8 Å². The van der Waals surface area contributed by atoms with Gasteiger partial charge >= 0.3 is 5.97 Å². The van der Waals surface area contributed by atoms with Crippen molar-refractivity contribution in [2.75, 3.05) is 20.3 Å². The molecular weight excluding hydrogens is 352 g/mol. The first kappa shape index (κ1) is 18.7. The number of hydrogen-bond donors (Lipinski definition) is 0. The number of amides is 1. The third-order valence-electron chi connectivity index (χ3n) is 4.39. The van der Waals surface area contributed by atoms with Crippen LogP contribution in [0.5, 0.6) is 0 Å². The number of amidine groups is 1. The normalized spacial score (nSPS) is 22.4. The Morgan fingerprint density at radius 1 is 1.23 bits per heavy atom. The monoisotopic (exact) mass is 374 g/mol. The summed E-state index contributed by atoms with van der Waals surface area (Å²) in [4.78, 5) is 31.6. The van der Waals surface area contributed by atoms with E-state index in [-0.39, 0.29) is 17.8 Å². The molecule has 1 aromatic rings. The number of aliphatic imine (C=N–C) groups is 1. The molecule has 0 unspecified atom stereocenters. The number of carbonyl (C=O) groups excluding carboxylic acids is 2. The molecule has 0 bridgehead atoms. The van der Waals surface area contributed by atoms with Crippen LogP contribution in [0.4, 0.5) is 0 Å². The van der Waals surface area contributed by atoms with E-state index in [0.29, 0.717) is 23.0 Å². The number of esters is 1. The Balaban J connectivity index is 2.03. The fraction of sp³-hybridized carbons (Fsp3) is 0.421. The Morgan fingerprint density at radius 3 is 2.58 bits per heavy atom. The second-order valence-electron chi connectivity index (χ2n) is 6.30. The molecule has 0 spiro atoms. The fourth-order valence-corrected chi connectivity index (χ4v) is 4.05. The molecule has 0 N–H and O–H groups in total. The van der Waals surface area contributed by atoms with Gasteiger partial charge in [-0.1, -0.05) is 41.6 Å². The average molecular weight is 374 g/mol. The quantitative estimate of drug-likeness (QED) is 0.586. The first-order valence-corrected chi connectivity index (χ1v) is 9.33. The summed E-state index contributed by atoms with van der Waals surface area (Å²) in [7, 11) is 1.55. The minimum atomic E-state index is -0.525. The van der Waals surface area contributed by atoms with E-state index in [2.05, 4.69) is 4.99 Å². The number of rotatable bonds is 5. The molecule has 0 aromatic heterocycles. The number of methoxy groups -OCH3 is 1. The summed E-state index contributed by atoms with van der Waals surface area (Å²) in [5.74, 6) is -0.515. The molecule has 0 aliphatic carbocycles. The van der Waals surface area contributed by atoms with Gasteiger partial charge in [0, 0.05) is 7.11 Å².